The Morgan fingerprint density at radius 3 is 2.81 bits per heavy atom. The summed E-state index contributed by atoms with van der Waals surface area (Å²) < 4.78 is 0. The summed E-state index contributed by atoms with van der Waals surface area (Å²) in [5, 5.41) is 2.88. The molecule has 0 saturated heterocycles. The number of rotatable bonds is 2. The van der Waals surface area contributed by atoms with E-state index in [4.69, 9.17) is 5.73 Å². The van der Waals surface area contributed by atoms with Gasteiger partial charge in [0.25, 0.3) is 5.91 Å². The van der Waals surface area contributed by atoms with Gasteiger partial charge in [0.15, 0.2) is 0 Å². The van der Waals surface area contributed by atoms with E-state index in [0.717, 1.165) is 31.4 Å². The van der Waals surface area contributed by atoms with E-state index < -0.39 is 0 Å². The average molecular weight is 281 g/mol. The van der Waals surface area contributed by atoms with Gasteiger partial charge in [0.2, 0.25) is 0 Å². The zero-order chi connectivity index (χ0) is 14.7. The number of pyridine rings is 1. The normalized spacial score (nSPS) is 17.7. The highest BCUT2D eigenvalue weighted by atomic mass is 16.1. The molecular formula is C17H19N3O. The summed E-state index contributed by atoms with van der Waals surface area (Å²) in [4.78, 5) is 16.2. The first-order chi connectivity index (χ1) is 10.2. The Morgan fingerprint density at radius 1 is 1.19 bits per heavy atom. The van der Waals surface area contributed by atoms with Gasteiger partial charge >= 0.3 is 0 Å². The SMILES string of the molecule is NC1CCCCc2cc(C(=O)Nc3ccncc3)ccc21. The fraction of sp³-hybridized carbons (Fsp3) is 0.294. The fourth-order valence-corrected chi connectivity index (χ4v) is 2.80. The summed E-state index contributed by atoms with van der Waals surface area (Å²) >= 11 is 0. The third kappa shape index (κ3) is 3.11. The van der Waals surface area contributed by atoms with E-state index in [1.54, 1.807) is 24.5 Å². The highest BCUT2D eigenvalue weighted by molar-refractivity contribution is 6.04. The molecule has 1 aromatic carbocycles. The van der Waals surface area contributed by atoms with Gasteiger partial charge in [-0.3, -0.25) is 9.78 Å². The summed E-state index contributed by atoms with van der Waals surface area (Å²) in [6.07, 6.45) is 7.62. The average Bonchev–Trinajstić information content (AvgIpc) is 2.70. The summed E-state index contributed by atoms with van der Waals surface area (Å²) in [6, 6.07) is 9.50. The van der Waals surface area contributed by atoms with E-state index in [1.165, 1.54) is 11.1 Å². The van der Waals surface area contributed by atoms with E-state index in [1.807, 2.05) is 18.2 Å². The van der Waals surface area contributed by atoms with E-state index in [0.29, 0.717) is 5.56 Å². The first-order valence-electron chi connectivity index (χ1n) is 7.34. The number of aryl methyl sites for hydroxylation is 1. The van der Waals surface area contributed by atoms with Crippen LogP contribution in [0.4, 0.5) is 5.69 Å². The van der Waals surface area contributed by atoms with Crippen molar-refractivity contribution in [2.75, 3.05) is 5.32 Å². The number of carbonyl (C=O) groups excluding carboxylic acids is 1. The molecule has 3 rings (SSSR count). The van der Waals surface area contributed by atoms with Crippen LogP contribution in [-0.4, -0.2) is 10.9 Å². The van der Waals surface area contributed by atoms with Gasteiger partial charge in [0, 0.05) is 29.7 Å². The second-order valence-electron chi connectivity index (χ2n) is 5.46. The monoisotopic (exact) mass is 281 g/mol. The first kappa shape index (κ1) is 13.8. The smallest absolute Gasteiger partial charge is 0.255 e. The summed E-state index contributed by atoms with van der Waals surface area (Å²) in [5.74, 6) is -0.0955. The minimum atomic E-state index is -0.0955. The molecule has 1 aromatic heterocycles. The number of hydrogen-bond acceptors (Lipinski definition) is 3. The molecular weight excluding hydrogens is 262 g/mol. The van der Waals surface area contributed by atoms with E-state index in [-0.39, 0.29) is 11.9 Å². The van der Waals surface area contributed by atoms with Crippen LogP contribution in [0, 0.1) is 0 Å². The number of anilines is 1. The third-order valence-corrected chi connectivity index (χ3v) is 3.95. The molecule has 1 amide bonds. The maximum absolute atomic E-state index is 12.3. The van der Waals surface area contributed by atoms with Crippen LogP contribution in [0.1, 0.15) is 46.8 Å². The van der Waals surface area contributed by atoms with Crippen LogP contribution in [0.5, 0.6) is 0 Å². The maximum Gasteiger partial charge on any atom is 0.255 e. The number of benzene rings is 1. The predicted molar refractivity (Wildman–Crippen MR) is 83.1 cm³/mol. The van der Waals surface area contributed by atoms with Crippen LogP contribution in [0.15, 0.2) is 42.7 Å². The van der Waals surface area contributed by atoms with E-state index in [2.05, 4.69) is 10.3 Å². The molecule has 1 aliphatic rings. The first-order valence-corrected chi connectivity index (χ1v) is 7.34. The van der Waals surface area contributed by atoms with Crippen molar-refractivity contribution in [2.45, 2.75) is 31.7 Å². The number of nitrogens with two attached hydrogens (primary N) is 1. The molecule has 4 heteroatoms. The van der Waals surface area contributed by atoms with Crippen LogP contribution < -0.4 is 11.1 Å². The lowest BCUT2D eigenvalue weighted by atomic mass is 9.97. The highest BCUT2D eigenvalue weighted by Gasteiger charge is 2.17. The Morgan fingerprint density at radius 2 is 2.00 bits per heavy atom. The minimum absolute atomic E-state index is 0.0955. The van der Waals surface area contributed by atoms with Crippen LogP contribution in [0.3, 0.4) is 0 Å². The van der Waals surface area contributed by atoms with Crippen molar-refractivity contribution in [2.24, 2.45) is 5.73 Å². The van der Waals surface area contributed by atoms with Crippen molar-refractivity contribution in [3.05, 3.63) is 59.4 Å². The van der Waals surface area contributed by atoms with Gasteiger partial charge in [-0.2, -0.15) is 0 Å². The van der Waals surface area contributed by atoms with E-state index in [9.17, 15) is 4.79 Å². The molecule has 0 saturated carbocycles. The number of nitrogens with one attached hydrogen (secondary N) is 1. The second-order valence-corrected chi connectivity index (χ2v) is 5.46. The molecule has 1 unspecified atom stereocenters. The number of aromatic nitrogens is 1. The number of amides is 1. The number of hydrogen-bond donors (Lipinski definition) is 2. The van der Waals surface area contributed by atoms with Crippen molar-refractivity contribution < 1.29 is 4.79 Å². The molecule has 4 nitrogen and oxygen atoms in total. The number of nitrogens with zero attached hydrogens (tertiary/aromatic N) is 1. The Kier molecular flexibility index (Phi) is 3.97. The number of fused-ring (bicyclic) bond motifs is 1. The van der Waals surface area contributed by atoms with Crippen LogP contribution in [0.25, 0.3) is 0 Å². The van der Waals surface area contributed by atoms with Crippen molar-refractivity contribution in [3.63, 3.8) is 0 Å². The highest BCUT2D eigenvalue weighted by Crippen LogP contribution is 2.27. The summed E-state index contributed by atoms with van der Waals surface area (Å²) in [7, 11) is 0. The van der Waals surface area contributed by atoms with Gasteiger partial charge in [0.1, 0.15) is 0 Å². The van der Waals surface area contributed by atoms with Gasteiger partial charge in [-0.15, -0.1) is 0 Å². The summed E-state index contributed by atoms with van der Waals surface area (Å²) in [6.45, 7) is 0. The van der Waals surface area contributed by atoms with Gasteiger partial charge in [-0.05, 0) is 54.7 Å². The molecule has 3 N–H and O–H groups in total. The van der Waals surface area contributed by atoms with E-state index >= 15 is 0 Å². The lowest BCUT2D eigenvalue weighted by Crippen LogP contribution is -2.14. The predicted octanol–water partition coefficient (Wildman–Crippen LogP) is 3.06. The third-order valence-electron chi connectivity index (χ3n) is 3.95. The largest absolute Gasteiger partial charge is 0.324 e. The Balaban J connectivity index is 1.83. The second kappa shape index (κ2) is 6.06. The Hall–Kier alpha value is -2.20. The molecule has 21 heavy (non-hydrogen) atoms. The van der Waals surface area contributed by atoms with Gasteiger partial charge < -0.3 is 11.1 Å². The van der Waals surface area contributed by atoms with Crippen molar-refractivity contribution >= 4 is 11.6 Å². The number of carbonyl (C=O) groups is 1. The zero-order valence-corrected chi connectivity index (χ0v) is 11.9. The van der Waals surface area contributed by atoms with Gasteiger partial charge in [0.05, 0.1) is 0 Å². The molecule has 0 aliphatic heterocycles. The molecule has 108 valence electrons. The lowest BCUT2D eigenvalue weighted by Gasteiger charge is -2.14. The standard InChI is InChI=1S/C17H19N3O/c18-16-4-2-1-3-12-11-13(5-6-15(12)16)17(21)20-14-7-9-19-10-8-14/h5-11,16H,1-4,18H2,(H,19,20,21). The molecule has 1 heterocycles. The topological polar surface area (TPSA) is 68.0 Å². The molecule has 1 atom stereocenters. The Labute approximate surface area is 124 Å². The molecule has 0 spiro atoms. The minimum Gasteiger partial charge on any atom is -0.324 e. The molecule has 0 bridgehead atoms. The molecule has 2 aromatic rings. The molecule has 0 radical (unpaired) electrons. The molecule has 1 aliphatic carbocycles. The van der Waals surface area contributed by atoms with Gasteiger partial charge in [-0.1, -0.05) is 12.5 Å². The van der Waals surface area contributed by atoms with Crippen LogP contribution in [-0.2, 0) is 6.42 Å². The Bertz CT molecular complexity index is 640. The summed E-state index contributed by atoms with van der Waals surface area (Å²) in [5.41, 5.74) is 10.0. The maximum atomic E-state index is 12.3. The van der Waals surface area contributed by atoms with Crippen molar-refractivity contribution in [1.29, 1.82) is 0 Å². The van der Waals surface area contributed by atoms with Crippen LogP contribution >= 0.6 is 0 Å². The van der Waals surface area contributed by atoms with Crippen LogP contribution in [0.2, 0.25) is 0 Å². The fourth-order valence-electron chi connectivity index (χ4n) is 2.80. The zero-order valence-electron chi connectivity index (χ0n) is 11.9. The van der Waals surface area contributed by atoms with Gasteiger partial charge in [-0.25, -0.2) is 0 Å². The van der Waals surface area contributed by atoms with Crippen molar-refractivity contribution in [1.82, 2.24) is 4.98 Å². The van der Waals surface area contributed by atoms with Crippen molar-refractivity contribution in [3.8, 4) is 0 Å². The molecule has 0 fully saturated rings. The lowest BCUT2D eigenvalue weighted by molar-refractivity contribution is 0.102. The quantitative estimate of drug-likeness (QED) is 0.831.